The molecule has 0 atom stereocenters. The summed E-state index contributed by atoms with van der Waals surface area (Å²) in [6.07, 6.45) is 2.11. The Morgan fingerprint density at radius 3 is 2.38 bits per heavy atom. The molecule has 0 aliphatic carbocycles. The summed E-state index contributed by atoms with van der Waals surface area (Å²) in [6.45, 7) is 6.52. The van der Waals surface area contributed by atoms with Crippen LogP contribution < -0.4 is 0 Å². The third-order valence-electron chi connectivity index (χ3n) is 4.99. The number of hydrogen-bond acceptors (Lipinski definition) is 2. The molecule has 0 bridgehead atoms. The third kappa shape index (κ3) is 4.34. The number of nitrogens with one attached hydrogen (secondary N) is 1. The maximum atomic E-state index is 12.8. The van der Waals surface area contributed by atoms with Gasteiger partial charge in [-0.05, 0) is 38.3 Å². The third-order valence-corrected chi connectivity index (χ3v) is 4.99. The summed E-state index contributed by atoms with van der Waals surface area (Å²) in [5.74, 6) is 0.238. The van der Waals surface area contributed by atoms with Crippen LogP contribution in [0, 0.1) is 13.8 Å². The number of amides is 2. The fourth-order valence-electron chi connectivity index (χ4n) is 3.54. The van der Waals surface area contributed by atoms with Crippen LogP contribution in [0.1, 0.15) is 40.2 Å². The molecule has 2 amide bonds. The summed E-state index contributed by atoms with van der Waals surface area (Å²) in [5, 5.41) is 0. The summed E-state index contributed by atoms with van der Waals surface area (Å²) in [5.41, 5.74) is 3.84. The van der Waals surface area contributed by atoms with Crippen molar-refractivity contribution in [2.75, 3.05) is 26.2 Å². The number of rotatable bonds is 4. The highest BCUT2D eigenvalue weighted by Gasteiger charge is 2.24. The van der Waals surface area contributed by atoms with Crippen molar-refractivity contribution < 1.29 is 9.59 Å². The van der Waals surface area contributed by atoms with E-state index in [9.17, 15) is 9.59 Å². The Kier molecular flexibility index (Phi) is 5.76. The second-order valence-corrected chi connectivity index (χ2v) is 7.00. The van der Waals surface area contributed by atoms with Gasteiger partial charge in [-0.3, -0.25) is 9.59 Å². The zero-order valence-corrected chi connectivity index (χ0v) is 15.6. The van der Waals surface area contributed by atoms with Crippen LogP contribution in [0.3, 0.4) is 0 Å². The molecule has 0 saturated carbocycles. The lowest BCUT2D eigenvalue weighted by molar-refractivity contribution is -0.131. The van der Waals surface area contributed by atoms with Crippen molar-refractivity contribution in [3.8, 4) is 0 Å². The van der Waals surface area contributed by atoms with Crippen molar-refractivity contribution in [2.24, 2.45) is 0 Å². The summed E-state index contributed by atoms with van der Waals surface area (Å²) < 4.78 is 0. The van der Waals surface area contributed by atoms with E-state index < -0.39 is 0 Å². The Balaban J connectivity index is 1.55. The fourth-order valence-corrected chi connectivity index (χ4v) is 3.54. The first-order valence-corrected chi connectivity index (χ1v) is 9.32. The van der Waals surface area contributed by atoms with Crippen LogP contribution in [0.25, 0.3) is 0 Å². The van der Waals surface area contributed by atoms with Crippen molar-refractivity contribution in [2.45, 2.75) is 33.1 Å². The molecule has 2 heterocycles. The average molecular weight is 353 g/mol. The molecule has 1 aromatic heterocycles. The molecule has 1 N–H and O–H groups in total. The molecule has 26 heavy (non-hydrogen) atoms. The second kappa shape index (κ2) is 8.21. The minimum atomic E-state index is 0.0606. The minimum absolute atomic E-state index is 0.0606. The Morgan fingerprint density at radius 1 is 1.00 bits per heavy atom. The summed E-state index contributed by atoms with van der Waals surface area (Å²) in [7, 11) is 0. The number of nitrogens with zero attached hydrogens (tertiary/aromatic N) is 2. The summed E-state index contributed by atoms with van der Waals surface area (Å²) in [6, 6.07) is 12.0. The SMILES string of the molecule is Cc1cc(C(=O)N2CCCN(C(=O)CCc3ccccc3)CC2)c(C)[nH]1. The molecule has 1 aliphatic rings. The first-order valence-electron chi connectivity index (χ1n) is 9.32. The molecule has 1 saturated heterocycles. The van der Waals surface area contributed by atoms with Crippen molar-refractivity contribution in [1.29, 1.82) is 0 Å². The number of benzene rings is 1. The Hall–Kier alpha value is -2.56. The second-order valence-electron chi connectivity index (χ2n) is 7.00. The van der Waals surface area contributed by atoms with Gasteiger partial charge in [0.1, 0.15) is 0 Å². The van der Waals surface area contributed by atoms with Gasteiger partial charge in [0.05, 0.1) is 5.56 Å². The van der Waals surface area contributed by atoms with Gasteiger partial charge in [0.15, 0.2) is 0 Å². The van der Waals surface area contributed by atoms with Crippen LogP contribution in [0.4, 0.5) is 0 Å². The smallest absolute Gasteiger partial charge is 0.255 e. The molecule has 1 fully saturated rings. The van der Waals surface area contributed by atoms with E-state index in [4.69, 9.17) is 0 Å². The van der Waals surface area contributed by atoms with Crippen molar-refractivity contribution in [3.63, 3.8) is 0 Å². The Bertz CT molecular complexity index is 767. The predicted octanol–water partition coefficient (Wildman–Crippen LogP) is 2.94. The van der Waals surface area contributed by atoms with Crippen LogP contribution in [-0.2, 0) is 11.2 Å². The fraction of sp³-hybridized carbons (Fsp3) is 0.429. The predicted molar refractivity (Wildman–Crippen MR) is 102 cm³/mol. The largest absolute Gasteiger partial charge is 0.362 e. The molecule has 138 valence electrons. The maximum absolute atomic E-state index is 12.8. The summed E-state index contributed by atoms with van der Waals surface area (Å²) >= 11 is 0. The number of H-pyrrole nitrogens is 1. The monoisotopic (exact) mass is 353 g/mol. The molecule has 1 aliphatic heterocycles. The number of hydrogen-bond donors (Lipinski definition) is 1. The van der Waals surface area contributed by atoms with Crippen LogP contribution in [-0.4, -0.2) is 52.8 Å². The van der Waals surface area contributed by atoms with E-state index in [-0.39, 0.29) is 11.8 Å². The maximum Gasteiger partial charge on any atom is 0.255 e. The normalized spacial score (nSPS) is 15.0. The molecule has 2 aromatic rings. The molecule has 0 spiro atoms. The zero-order valence-electron chi connectivity index (χ0n) is 15.6. The molecule has 3 rings (SSSR count). The number of aromatic amines is 1. The number of aromatic nitrogens is 1. The van der Waals surface area contributed by atoms with Crippen LogP contribution >= 0.6 is 0 Å². The molecule has 1 aromatic carbocycles. The van der Waals surface area contributed by atoms with E-state index in [0.29, 0.717) is 26.1 Å². The van der Waals surface area contributed by atoms with Gasteiger partial charge in [-0.2, -0.15) is 0 Å². The lowest BCUT2D eigenvalue weighted by atomic mass is 10.1. The Morgan fingerprint density at radius 2 is 1.69 bits per heavy atom. The highest BCUT2D eigenvalue weighted by Crippen LogP contribution is 2.15. The van der Waals surface area contributed by atoms with Crippen LogP contribution in [0.2, 0.25) is 0 Å². The van der Waals surface area contributed by atoms with Gasteiger partial charge in [0.2, 0.25) is 5.91 Å². The van der Waals surface area contributed by atoms with Crippen molar-refractivity contribution in [1.82, 2.24) is 14.8 Å². The molecular weight excluding hydrogens is 326 g/mol. The van der Waals surface area contributed by atoms with E-state index in [1.165, 1.54) is 5.56 Å². The lowest BCUT2D eigenvalue weighted by Crippen LogP contribution is -2.37. The number of carbonyl (C=O) groups excluding carboxylic acids is 2. The Labute approximate surface area is 155 Å². The first kappa shape index (κ1) is 18.2. The molecule has 5 heteroatoms. The van der Waals surface area contributed by atoms with E-state index in [2.05, 4.69) is 17.1 Å². The minimum Gasteiger partial charge on any atom is -0.362 e. The van der Waals surface area contributed by atoms with Crippen molar-refractivity contribution in [3.05, 3.63) is 58.9 Å². The average Bonchev–Trinajstić information content (AvgIpc) is 2.85. The van der Waals surface area contributed by atoms with Crippen LogP contribution in [0.5, 0.6) is 0 Å². The number of aryl methyl sites for hydroxylation is 3. The van der Waals surface area contributed by atoms with Gasteiger partial charge < -0.3 is 14.8 Å². The van der Waals surface area contributed by atoms with E-state index >= 15 is 0 Å². The van der Waals surface area contributed by atoms with Gasteiger partial charge in [0, 0.05) is 44.0 Å². The first-order chi connectivity index (χ1) is 12.5. The zero-order chi connectivity index (χ0) is 18.5. The van der Waals surface area contributed by atoms with Gasteiger partial charge >= 0.3 is 0 Å². The standard InChI is InChI=1S/C21H27N3O2/c1-16-15-19(17(2)22-16)21(26)24-12-6-11-23(13-14-24)20(25)10-9-18-7-4-3-5-8-18/h3-5,7-8,15,22H,6,9-14H2,1-2H3. The van der Waals surface area contributed by atoms with E-state index in [1.54, 1.807) is 0 Å². The van der Waals surface area contributed by atoms with E-state index in [0.717, 1.165) is 36.3 Å². The quantitative estimate of drug-likeness (QED) is 0.919. The highest BCUT2D eigenvalue weighted by molar-refractivity contribution is 5.95. The van der Waals surface area contributed by atoms with Gasteiger partial charge in [-0.1, -0.05) is 30.3 Å². The molecular formula is C21H27N3O2. The topological polar surface area (TPSA) is 56.4 Å². The lowest BCUT2D eigenvalue weighted by Gasteiger charge is -2.22. The van der Waals surface area contributed by atoms with E-state index in [1.807, 2.05) is 47.9 Å². The van der Waals surface area contributed by atoms with Gasteiger partial charge in [0.25, 0.3) is 5.91 Å². The number of carbonyl (C=O) groups is 2. The molecule has 0 unspecified atom stereocenters. The summed E-state index contributed by atoms with van der Waals surface area (Å²) in [4.78, 5) is 32.3. The van der Waals surface area contributed by atoms with Gasteiger partial charge in [-0.15, -0.1) is 0 Å². The highest BCUT2D eigenvalue weighted by atomic mass is 16.2. The molecule has 0 radical (unpaired) electrons. The van der Waals surface area contributed by atoms with Crippen LogP contribution in [0.15, 0.2) is 36.4 Å². The van der Waals surface area contributed by atoms with Gasteiger partial charge in [-0.25, -0.2) is 0 Å². The molecule has 5 nitrogen and oxygen atoms in total. The van der Waals surface area contributed by atoms with Crippen molar-refractivity contribution >= 4 is 11.8 Å².